The first-order chi connectivity index (χ1) is 17.3. The fourth-order valence-corrected chi connectivity index (χ4v) is 5.73. The highest BCUT2D eigenvalue weighted by atomic mass is 16.5. The third-order valence-electron chi connectivity index (χ3n) is 7.61. The van der Waals surface area contributed by atoms with Gasteiger partial charge in [-0.2, -0.15) is 5.10 Å². The zero-order valence-electron chi connectivity index (χ0n) is 21.3. The monoisotopic (exact) mass is 490 g/mol. The van der Waals surface area contributed by atoms with Crippen LogP contribution in [0.2, 0.25) is 0 Å². The third-order valence-corrected chi connectivity index (χ3v) is 7.61. The van der Waals surface area contributed by atoms with Crippen molar-refractivity contribution in [1.82, 2.24) is 25.4 Å². The van der Waals surface area contributed by atoms with E-state index in [0.29, 0.717) is 18.9 Å². The fraction of sp³-hybridized carbons (Fsp3) is 0.444. The van der Waals surface area contributed by atoms with Gasteiger partial charge in [-0.05, 0) is 50.4 Å². The first kappa shape index (κ1) is 24.3. The molecule has 0 unspecified atom stereocenters. The number of likely N-dealkylation sites (N-methyl/N-ethyl adjacent to an activating group) is 1. The minimum Gasteiger partial charge on any atom is -0.496 e. The maximum absolute atomic E-state index is 12.8. The Morgan fingerprint density at radius 2 is 1.97 bits per heavy atom. The van der Waals surface area contributed by atoms with Crippen LogP contribution in [0.25, 0.3) is 0 Å². The second-order valence-corrected chi connectivity index (χ2v) is 10.3. The van der Waals surface area contributed by atoms with Crippen molar-refractivity contribution in [2.75, 3.05) is 25.6 Å². The molecular formula is C27H34N6O3. The molecule has 9 heteroatoms. The number of anilines is 1. The number of benzene rings is 2. The number of nitrogens with one attached hydrogen (secondary N) is 3. The third kappa shape index (κ3) is 4.33. The maximum atomic E-state index is 12.8. The van der Waals surface area contributed by atoms with Gasteiger partial charge in [-0.1, -0.05) is 30.3 Å². The predicted molar refractivity (Wildman–Crippen MR) is 138 cm³/mol. The zero-order valence-corrected chi connectivity index (χ0v) is 21.3. The minimum atomic E-state index is -0.570. The lowest BCUT2D eigenvalue weighted by atomic mass is 9.85. The molecule has 3 heterocycles. The summed E-state index contributed by atoms with van der Waals surface area (Å²) in [5.41, 5.74) is 3.34. The highest BCUT2D eigenvalue weighted by Gasteiger charge is 2.43. The average Bonchev–Trinajstić information content (AvgIpc) is 3.36. The van der Waals surface area contributed by atoms with E-state index in [2.05, 4.69) is 55.7 Å². The Hall–Kier alpha value is -3.43. The molecule has 190 valence electrons. The smallest absolute Gasteiger partial charge is 0.340 e. The van der Waals surface area contributed by atoms with Gasteiger partial charge in [0.25, 0.3) is 0 Å². The number of piperidine rings is 1. The second kappa shape index (κ2) is 9.55. The molecule has 0 saturated carbocycles. The average molecular weight is 491 g/mol. The number of rotatable bonds is 7. The molecule has 1 saturated heterocycles. The highest BCUT2D eigenvalue weighted by molar-refractivity contribution is 6.07. The molecule has 5 rings (SSSR count). The molecule has 0 spiro atoms. The summed E-state index contributed by atoms with van der Waals surface area (Å²) in [5, 5.41) is 10.4. The number of nitrogens with zero attached hydrogens (tertiary/aromatic N) is 3. The molecule has 2 aromatic carbocycles. The van der Waals surface area contributed by atoms with E-state index in [9.17, 15) is 9.59 Å². The number of likely N-dealkylation sites (tertiary alicyclic amines) is 1. The molecule has 9 nitrogen and oxygen atoms in total. The second-order valence-electron chi connectivity index (χ2n) is 10.3. The van der Waals surface area contributed by atoms with Gasteiger partial charge in [0.15, 0.2) is 0 Å². The lowest BCUT2D eigenvalue weighted by Gasteiger charge is -2.42. The molecule has 1 amide bonds. The number of H-pyrrole nitrogens is 2. The van der Waals surface area contributed by atoms with Crippen molar-refractivity contribution >= 4 is 11.6 Å². The molecule has 0 radical (unpaired) electrons. The van der Waals surface area contributed by atoms with Crippen molar-refractivity contribution in [3.05, 3.63) is 75.5 Å². The summed E-state index contributed by atoms with van der Waals surface area (Å²) < 4.78 is 5.74. The van der Waals surface area contributed by atoms with Gasteiger partial charge in [0.1, 0.15) is 11.6 Å². The van der Waals surface area contributed by atoms with Gasteiger partial charge in [-0.3, -0.25) is 14.7 Å². The molecule has 1 aromatic heterocycles. The largest absolute Gasteiger partial charge is 0.496 e. The van der Waals surface area contributed by atoms with Crippen molar-refractivity contribution < 1.29 is 9.53 Å². The predicted octanol–water partition coefficient (Wildman–Crippen LogP) is 2.86. The molecule has 3 aromatic rings. The van der Waals surface area contributed by atoms with Gasteiger partial charge >= 0.3 is 5.69 Å². The van der Waals surface area contributed by atoms with Gasteiger partial charge in [0, 0.05) is 31.3 Å². The van der Waals surface area contributed by atoms with E-state index in [0.717, 1.165) is 42.0 Å². The Balaban J connectivity index is 1.42. The standard InChI is InChI=1S/C27H34N6O3/c1-27(2)19-13-18(22(36-4)14-21(19)32(3)25(27)34)15-28-20-11-8-12-33(16-23-29-26(35)31-30-23)24(20)17-9-6-5-7-10-17/h5-7,9-10,13-14,20,24,28H,8,11-12,15-16H2,1-4H3,(H2,29,30,31,35)/t20-,24-/m0/s1. The quantitative estimate of drug-likeness (QED) is 0.470. The molecule has 3 N–H and O–H groups in total. The van der Waals surface area contributed by atoms with Gasteiger partial charge in [-0.15, -0.1) is 0 Å². The van der Waals surface area contributed by atoms with Crippen LogP contribution in [-0.4, -0.2) is 52.7 Å². The molecule has 0 aliphatic carbocycles. The summed E-state index contributed by atoms with van der Waals surface area (Å²) in [5.74, 6) is 1.50. The molecule has 2 aliphatic heterocycles. The van der Waals surface area contributed by atoms with Crippen LogP contribution in [0.1, 0.15) is 55.2 Å². The van der Waals surface area contributed by atoms with E-state index in [1.54, 1.807) is 12.0 Å². The molecular weight excluding hydrogens is 456 g/mol. The Kier molecular flexibility index (Phi) is 6.44. The van der Waals surface area contributed by atoms with Crippen molar-refractivity contribution in [2.24, 2.45) is 0 Å². The van der Waals surface area contributed by atoms with Crippen LogP contribution in [-0.2, 0) is 23.3 Å². The highest BCUT2D eigenvalue weighted by Crippen LogP contribution is 2.44. The zero-order chi connectivity index (χ0) is 25.4. The first-order valence-corrected chi connectivity index (χ1v) is 12.4. The molecule has 1 fully saturated rings. The van der Waals surface area contributed by atoms with E-state index < -0.39 is 5.41 Å². The molecule has 2 atom stereocenters. The molecule has 0 bridgehead atoms. The SMILES string of the molecule is COc1cc2c(cc1CN[C@H]1CCCN(Cc3n[nH]c(=O)[nH]3)[C@H]1c1ccccc1)C(C)(C)C(=O)N2C. The van der Waals surface area contributed by atoms with Crippen LogP contribution >= 0.6 is 0 Å². The summed E-state index contributed by atoms with van der Waals surface area (Å²) in [7, 11) is 3.49. The van der Waals surface area contributed by atoms with E-state index in [1.165, 1.54) is 5.56 Å². The van der Waals surface area contributed by atoms with Crippen LogP contribution < -0.4 is 20.6 Å². The lowest BCUT2D eigenvalue weighted by molar-refractivity contribution is -0.121. The van der Waals surface area contributed by atoms with Crippen LogP contribution in [0.15, 0.2) is 47.3 Å². The number of hydrogen-bond donors (Lipinski definition) is 3. The topological polar surface area (TPSA) is 106 Å². The molecule has 2 aliphatic rings. The molecule has 36 heavy (non-hydrogen) atoms. The number of aromatic nitrogens is 3. The van der Waals surface area contributed by atoms with Crippen LogP contribution in [0.4, 0.5) is 5.69 Å². The van der Waals surface area contributed by atoms with Crippen LogP contribution in [0.3, 0.4) is 0 Å². The van der Waals surface area contributed by atoms with Crippen molar-refractivity contribution in [3.63, 3.8) is 0 Å². The Labute approximate surface area is 210 Å². The summed E-state index contributed by atoms with van der Waals surface area (Å²) in [4.78, 5) is 31.3. The Morgan fingerprint density at radius 3 is 2.67 bits per heavy atom. The maximum Gasteiger partial charge on any atom is 0.340 e. The Morgan fingerprint density at radius 1 is 1.19 bits per heavy atom. The van der Waals surface area contributed by atoms with Gasteiger partial charge in [0.05, 0.1) is 30.8 Å². The number of hydrogen-bond acceptors (Lipinski definition) is 6. The first-order valence-electron chi connectivity index (χ1n) is 12.4. The number of ether oxygens (including phenoxy) is 1. The Bertz CT molecular complexity index is 1300. The summed E-state index contributed by atoms with van der Waals surface area (Å²) in [6.45, 7) is 6.04. The van der Waals surface area contributed by atoms with Gasteiger partial charge < -0.3 is 15.0 Å². The minimum absolute atomic E-state index is 0.0909. The summed E-state index contributed by atoms with van der Waals surface area (Å²) in [6, 6.07) is 14.9. The summed E-state index contributed by atoms with van der Waals surface area (Å²) in [6.07, 6.45) is 2.05. The van der Waals surface area contributed by atoms with Gasteiger partial charge in [0.2, 0.25) is 5.91 Å². The van der Waals surface area contributed by atoms with Crippen LogP contribution in [0, 0.1) is 0 Å². The number of aromatic amines is 2. The van der Waals surface area contributed by atoms with E-state index >= 15 is 0 Å². The van der Waals surface area contributed by atoms with Gasteiger partial charge in [-0.25, -0.2) is 9.89 Å². The fourth-order valence-electron chi connectivity index (χ4n) is 5.73. The van der Waals surface area contributed by atoms with Crippen molar-refractivity contribution in [2.45, 2.75) is 57.3 Å². The number of carbonyl (C=O) groups excluding carboxylic acids is 1. The number of fused-ring (bicyclic) bond motifs is 1. The number of carbonyl (C=O) groups is 1. The van der Waals surface area contributed by atoms with Crippen molar-refractivity contribution in [1.29, 1.82) is 0 Å². The summed E-state index contributed by atoms with van der Waals surface area (Å²) >= 11 is 0. The van der Waals surface area contributed by atoms with Crippen molar-refractivity contribution in [3.8, 4) is 5.75 Å². The lowest BCUT2D eigenvalue weighted by Crippen LogP contribution is -2.47. The normalized spacial score (nSPS) is 21.6. The van der Waals surface area contributed by atoms with Crippen LogP contribution in [0.5, 0.6) is 5.75 Å². The van der Waals surface area contributed by atoms with E-state index in [-0.39, 0.29) is 23.7 Å². The number of amides is 1. The van der Waals surface area contributed by atoms with E-state index in [4.69, 9.17) is 4.74 Å². The van der Waals surface area contributed by atoms with E-state index in [1.807, 2.05) is 33.0 Å². The number of methoxy groups -OCH3 is 1.